The number of hydrogen-bond donors (Lipinski definition) is 1. The summed E-state index contributed by atoms with van der Waals surface area (Å²) in [6, 6.07) is 7.46. The highest BCUT2D eigenvalue weighted by Crippen LogP contribution is 2.10. The van der Waals surface area contributed by atoms with Gasteiger partial charge < -0.3 is 5.73 Å². The van der Waals surface area contributed by atoms with Crippen LogP contribution in [0, 0.1) is 0 Å². The van der Waals surface area contributed by atoms with E-state index in [1.165, 1.54) is 0 Å². The smallest absolute Gasteiger partial charge is 0.137 e. The van der Waals surface area contributed by atoms with Crippen molar-refractivity contribution in [2.45, 2.75) is 26.2 Å². The van der Waals surface area contributed by atoms with Crippen LogP contribution in [0.5, 0.6) is 0 Å². The quantitative estimate of drug-likeness (QED) is 0.590. The van der Waals surface area contributed by atoms with Crippen LogP contribution in [-0.2, 0) is 11.2 Å². The molecule has 15 heavy (non-hydrogen) atoms. The number of hydrogen-bond acceptors (Lipinski definition) is 2. The molecule has 0 spiro atoms. The molecule has 1 rings (SSSR count). The van der Waals surface area contributed by atoms with E-state index < -0.39 is 0 Å². The highest BCUT2D eigenvalue weighted by Gasteiger charge is 2.03. The van der Waals surface area contributed by atoms with E-state index in [0.29, 0.717) is 18.5 Å². The van der Waals surface area contributed by atoms with Crippen LogP contribution in [-0.4, -0.2) is 5.78 Å². The van der Waals surface area contributed by atoms with Crippen molar-refractivity contribution in [1.82, 2.24) is 0 Å². The lowest BCUT2D eigenvalue weighted by molar-refractivity contribution is -0.118. The Bertz CT molecular complexity index is 369. The average Bonchev–Trinajstić information content (AvgIpc) is 2.15. The summed E-state index contributed by atoms with van der Waals surface area (Å²) in [4.78, 5) is 11.5. The third kappa shape index (κ3) is 4.45. The van der Waals surface area contributed by atoms with Crippen LogP contribution in [0.4, 0.5) is 5.69 Å². The van der Waals surface area contributed by atoms with Gasteiger partial charge in [0.1, 0.15) is 5.78 Å². The third-order valence-electron chi connectivity index (χ3n) is 2.18. The Labute approximate surface area is 90.8 Å². The van der Waals surface area contributed by atoms with Crippen molar-refractivity contribution in [1.29, 1.82) is 0 Å². The molecular formula is C13H17NO. The average molecular weight is 203 g/mol. The van der Waals surface area contributed by atoms with Gasteiger partial charge in [-0.05, 0) is 31.0 Å². The zero-order valence-corrected chi connectivity index (χ0v) is 9.12. The fourth-order valence-corrected chi connectivity index (χ4v) is 1.37. The number of carbonyl (C=O) groups excluding carboxylic acids is 1. The molecule has 2 N–H and O–H groups in total. The standard InChI is InChI=1S/C13H17NO/c1-10(2)6-7-13(15)9-11-4-3-5-12(14)8-11/h3-5,8H,1,6-7,9,14H2,2H3. The second-order valence-corrected chi connectivity index (χ2v) is 3.92. The molecule has 2 heteroatoms. The maximum atomic E-state index is 11.5. The molecule has 2 nitrogen and oxygen atoms in total. The summed E-state index contributed by atoms with van der Waals surface area (Å²) in [6.07, 6.45) is 1.82. The highest BCUT2D eigenvalue weighted by molar-refractivity contribution is 5.81. The lowest BCUT2D eigenvalue weighted by Crippen LogP contribution is -2.03. The molecule has 0 atom stereocenters. The Morgan fingerprint density at radius 2 is 2.13 bits per heavy atom. The number of nitrogens with two attached hydrogens (primary N) is 1. The lowest BCUT2D eigenvalue weighted by Gasteiger charge is -2.02. The van der Waals surface area contributed by atoms with Crippen LogP contribution in [0.2, 0.25) is 0 Å². The van der Waals surface area contributed by atoms with Gasteiger partial charge in [-0.15, -0.1) is 6.58 Å². The summed E-state index contributed by atoms with van der Waals surface area (Å²) in [6.45, 7) is 5.71. The molecule has 0 unspecified atom stereocenters. The molecule has 0 aliphatic carbocycles. The van der Waals surface area contributed by atoms with Crippen LogP contribution in [0.3, 0.4) is 0 Å². The van der Waals surface area contributed by atoms with Gasteiger partial charge in [0.2, 0.25) is 0 Å². The van der Waals surface area contributed by atoms with Crippen molar-refractivity contribution in [2.75, 3.05) is 5.73 Å². The van der Waals surface area contributed by atoms with Gasteiger partial charge in [-0.2, -0.15) is 0 Å². The fraction of sp³-hybridized carbons (Fsp3) is 0.308. The van der Waals surface area contributed by atoms with E-state index in [-0.39, 0.29) is 5.78 Å². The van der Waals surface area contributed by atoms with E-state index in [2.05, 4.69) is 6.58 Å². The van der Waals surface area contributed by atoms with Crippen molar-refractivity contribution < 1.29 is 4.79 Å². The SMILES string of the molecule is C=C(C)CCC(=O)Cc1cccc(N)c1. The first-order valence-electron chi connectivity index (χ1n) is 5.08. The van der Waals surface area contributed by atoms with Crippen molar-refractivity contribution >= 4 is 11.5 Å². The molecule has 0 aromatic heterocycles. The number of rotatable bonds is 5. The normalized spacial score (nSPS) is 9.93. The van der Waals surface area contributed by atoms with Gasteiger partial charge in [0, 0.05) is 18.5 Å². The maximum absolute atomic E-state index is 11.5. The minimum atomic E-state index is 0.239. The van der Waals surface area contributed by atoms with E-state index >= 15 is 0 Å². The van der Waals surface area contributed by atoms with Gasteiger partial charge in [0.25, 0.3) is 0 Å². The molecule has 80 valence electrons. The molecule has 0 saturated carbocycles. The second-order valence-electron chi connectivity index (χ2n) is 3.92. The van der Waals surface area contributed by atoms with Gasteiger partial charge in [-0.1, -0.05) is 17.7 Å². The number of anilines is 1. The Hall–Kier alpha value is -1.57. The van der Waals surface area contributed by atoms with E-state index in [9.17, 15) is 4.79 Å². The predicted molar refractivity (Wildman–Crippen MR) is 63.6 cm³/mol. The van der Waals surface area contributed by atoms with Crippen LogP contribution >= 0.6 is 0 Å². The van der Waals surface area contributed by atoms with Gasteiger partial charge in [0.15, 0.2) is 0 Å². The second kappa shape index (κ2) is 5.35. The minimum Gasteiger partial charge on any atom is -0.399 e. The van der Waals surface area contributed by atoms with E-state index in [0.717, 1.165) is 17.6 Å². The monoisotopic (exact) mass is 203 g/mol. The van der Waals surface area contributed by atoms with Crippen LogP contribution in [0.15, 0.2) is 36.4 Å². The van der Waals surface area contributed by atoms with Crippen LogP contribution in [0.1, 0.15) is 25.3 Å². The number of carbonyl (C=O) groups is 1. The molecular weight excluding hydrogens is 186 g/mol. The summed E-state index contributed by atoms with van der Waals surface area (Å²) in [5, 5.41) is 0. The predicted octanol–water partition coefficient (Wildman–Crippen LogP) is 2.74. The molecule has 0 heterocycles. The molecule has 0 fully saturated rings. The lowest BCUT2D eigenvalue weighted by atomic mass is 10.0. The van der Waals surface area contributed by atoms with Crippen molar-refractivity contribution in [3.8, 4) is 0 Å². The van der Waals surface area contributed by atoms with E-state index in [4.69, 9.17) is 5.73 Å². The summed E-state index contributed by atoms with van der Waals surface area (Å²) < 4.78 is 0. The number of ketones is 1. The number of allylic oxidation sites excluding steroid dienone is 1. The Morgan fingerprint density at radius 1 is 1.40 bits per heavy atom. The Kier molecular flexibility index (Phi) is 4.10. The van der Waals surface area contributed by atoms with Crippen LogP contribution in [0.25, 0.3) is 0 Å². The first-order chi connectivity index (χ1) is 7.08. The first-order valence-corrected chi connectivity index (χ1v) is 5.08. The van der Waals surface area contributed by atoms with Crippen molar-refractivity contribution in [3.63, 3.8) is 0 Å². The number of Topliss-reactive ketones (excluding diaryl/α,β-unsaturated/α-hetero) is 1. The molecule has 0 aliphatic heterocycles. The van der Waals surface area contributed by atoms with Gasteiger partial charge >= 0.3 is 0 Å². The van der Waals surface area contributed by atoms with Crippen molar-refractivity contribution in [2.24, 2.45) is 0 Å². The van der Waals surface area contributed by atoms with E-state index in [1.807, 2.05) is 31.2 Å². The minimum absolute atomic E-state index is 0.239. The Balaban J connectivity index is 2.48. The maximum Gasteiger partial charge on any atom is 0.137 e. The Morgan fingerprint density at radius 3 is 2.73 bits per heavy atom. The largest absolute Gasteiger partial charge is 0.399 e. The highest BCUT2D eigenvalue weighted by atomic mass is 16.1. The summed E-state index contributed by atoms with van der Waals surface area (Å²) >= 11 is 0. The third-order valence-corrected chi connectivity index (χ3v) is 2.18. The van der Waals surface area contributed by atoms with Gasteiger partial charge in [-0.25, -0.2) is 0 Å². The van der Waals surface area contributed by atoms with Gasteiger partial charge in [0.05, 0.1) is 0 Å². The molecule has 0 radical (unpaired) electrons. The zero-order chi connectivity index (χ0) is 11.3. The molecule has 1 aromatic carbocycles. The summed E-state index contributed by atoms with van der Waals surface area (Å²) in [5.74, 6) is 0.239. The summed E-state index contributed by atoms with van der Waals surface area (Å²) in [7, 11) is 0. The van der Waals surface area contributed by atoms with E-state index in [1.54, 1.807) is 0 Å². The first kappa shape index (κ1) is 11.5. The molecule has 0 saturated heterocycles. The molecule has 1 aromatic rings. The molecule has 0 bridgehead atoms. The molecule has 0 amide bonds. The van der Waals surface area contributed by atoms with Crippen molar-refractivity contribution in [3.05, 3.63) is 42.0 Å². The van der Waals surface area contributed by atoms with Crippen LogP contribution < -0.4 is 5.73 Å². The summed E-state index contributed by atoms with van der Waals surface area (Å²) in [5.41, 5.74) is 8.38. The van der Waals surface area contributed by atoms with Gasteiger partial charge in [-0.3, -0.25) is 4.79 Å². The fourth-order valence-electron chi connectivity index (χ4n) is 1.37. The number of nitrogen functional groups attached to an aromatic ring is 1. The molecule has 0 aliphatic rings. The number of benzene rings is 1. The topological polar surface area (TPSA) is 43.1 Å². The zero-order valence-electron chi connectivity index (χ0n) is 9.12.